The fourth-order valence-electron chi connectivity index (χ4n) is 2.94. The Kier molecular flexibility index (Phi) is 5.23. The van der Waals surface area contributed by atoms with E-state index < -0.39 is 30.1 Å². The van der Waals surface area contributed by atoms with Crippen LogP contribution in [0.5, 0.6) is 0 Å². The van der Waals surface area contributed by atoms with Crippen LogP contribution in [0.2, 0.25) is 0 Å². The van der Waals surface area contributed by atoms with Gasteiger partial charge >= 0.3 is 11.9 Å². The lowest BCUT2D eigenvalue weighted by molar-refractivity contribution is -0.115. The molecule has 0 aliphatic heterocycles. The van der Waals surface area contributed by atoms with Gasteiger partial charge in [-0.05, 0) is 37.1 Å². The van der Waals surface area contributed by atoms with Gasteiger partial charge in [-0.2, -0.15) is 0 Å². The van der Waals surface area contributed by atoms with Crippen LogP contribution in [0.15, 0.2) is 60.7 Å². The molecule has 0 amide bonds. The predicted octanol–water partition coefficient (Wildman–Crippen LogP) is 3.05. The summed E-state index contributed by atoms with van der Waals surface area (Å²) in [6, 6.07) is 17.1. The SMILES string of the molecule is O=CC1CCC(OC(=O)c2ccccc2)C1OC(=O)c1ccccc1. The third-order valence-electron chi connectivity index (χ3n) is 4.27. The molecule has 2 aromatic rings. The Labute approximate surface area is 145 Å². The van der Waals surface area contributed by atoms with Crippen molar-refractivity contribution in [2.45, 2.75) is 25.0 Å². The summed E-state index contributed by atoms with van der Waals surface area (Å²) in [5, 5.41) is 0. The van der Waals surface area contributed by atoms with Crippen molar-refractivity contribution in [3.05, 3.63) is 71.8 Å². The second-order valence-corrected chi connectivity index (χ2v) is 5.92. The predicted molar refractivity (Wildman–Crippen MR) is 90.1 cm³/mol. The Balaban J connectivity index is 1.71. The molecule has 0 radical (unpaired) electrons. The maximum absolute atomic E-state index is 12.3. The van der Waals surface area contributed by atoms with Gasteiger partial charge in [0.15, 0.2) is 0 Å². The highest BCUT2D eigenvalue weighted by molar-refractivity contribution is 5.90. The van der Waals surface area contributed by atoms with Crippen LogP contribution in [0.1, 0.15) is 33.6 Å². The molecule has 3 rings (SSSR count). The summed E-state index contributed by atoms with van der Waals surface area (Å²) in [4.78, 5) is 35.8. The molecule has 25 heavy (non-hydrogen) atoms. The van der Waals surface area contributed by atoms with Crippen LogP contribution >= 0.6 is 0 Å². The van der Waals surface area contributed by atoms with Crippen LogP contribution in [-0.2, 0) is 14.3 Å². The number of carbonyl (C=O) groups is 3. The van der Waals surface area contributed by atoms with Gasteiger partial charge in [-0.15, -0.1) is 0 Å². The van der Waals surface area contributed by atoms with E-state index in [-0.39, 0.29) is 0 Å². The minimum atomic E-state index is -0.766. The van der Waals surface area contributed by atoms with Gasteiger partial charge in [0, 0.05) is 0 Å². The number of ether oxygens (including phenoxy) is 2. The molecule has 1 saturated carbocycles. The van der Waals surface area contributed by atoms with Crippen LogP contribution in [0.25, 0.3) is 0 Å². The number of aldehydes is 1. The second kappa shape index (κ2) is 7.75. The highest BCUT2D eigenvalue weighted by atomic mass is 16.6. The molecule has 0 bridgehead atoms. The Morgan fingerprint density at radius 1 is 0.800 bits per heavy atom. The lowest BCUT2D eigenvalue weighted by Crippen LogP contribution is -2.35. The van der Waals surface area contributed by atoms with Crippen molar-refractivity contribution in [3.63, 3.8) is 0 Å². The van der Waals surface area contributed by atoms with E-state index in [9.17, 15) is 14.4 Å². The molecule has 3 unspecified atom stereocenters. The van der Waals surface area contributed by atoms with Crippen molar-refractivity contribution in [1.82, 2.24) is 0 Å². The second-order valence-electron chi connectivity index (χ2n) is 5.92. The molecular weight excluding hydrogens is 320 g/mol. The number of benzene rings is 2. The van der Waals surface area contributed by atoms with E-state index in [1.807, 2.05) is 0 Å². The zero-order valence-electron chi connectivity index (χ0n) is 13.5. The minimum absolute atomic E-state index is 0.396. The molecule has 5 heteroatoms. The van der Waals surface area contributed by atoms with Gasteiger partial charge in [0.25, 0.3) is 0 Å². The Bertz CT molecular complexity index is 741. The molecule has 0 spiro atoms. The van der Waals surface area contributed by atoms with Crippen LogP contribution in [-0.4, -0.2) is 30.4 Å². The van der Waals surface area contributed by atoms with Crippen LogP contribution in [0.3, 0.4) is 0 Å². The lowest BCUT2D eigenvalue weighted by atomic mass is 10.1. The summed E-state index contributed by atoms with van der Waals surface area (Å²) in [7, 11) is 0. The number of hydrogen-bond donors (Lipinski definition) is 0. The number of carbonyl (C=O) groups excluding carboxylic acids is 3. The maximum Gasteiger partial charge on any atom is 0.338 e. The monoisotopic (exact) mass is 338 g/mol. The Morgan fingerprint density at radius 2 is 1.32 bits per heavy atom. The molecule has 0 N–H and O–H groups in total. The molecule has 1 fully saturated rings. The summed E-state index contributed by atoms with van der Waals surface area (Å²) in [5.41, 5.74) is 0.817. The van der Waals surface area contributed by atoms with Crippen LogP contribution < -0.4 is 0 Å². The quantitative estimate of drug-likeness (QED) is 0.619. The third-order valence-corrected chi connectivity index (χ3v) is 4.27. The molecule has 128 valence electrons. The van der Waals surface area contributed by atoms with E-state index in [4.69, 9.17) is 9.47 Å². The molecule has 0 heterocycles. The largest absolute Gasteiger partial charge is 0.455 e. The van der Waals surface area contributed by atoms with E-state index in [2.05, 4.69) is 0 Å². The molecule has 2 aromatic carbocycles. The van der Waals surface area contributed by atoms with Crippen molar-refractivity contribution in [2.24, 2.45) is 5.92 Å². The van der Waals surface area contributed by atoms with Crippen molar-refractivity contribution in [3.8, 4) is 0 Å². The molecular formula is C20H18O5. The summed E-state index contributed by atoms with van der Waals surface area (Å²) in [6.07, 6.45) is 0.366. The average molecular weight is 338 g/mol. The molecule has 1 aliphatic rings. The smallest absolute Gasteiger partial charge is 0.338 e. The molecule has 0 saturated heterocycles. The van der Waals surface area contributed by atoms with Crippen molar-refractivity contribution in [1.29, 1.82) is 0 Å². The number of esters is 2. The molecule has 0 aromatic heterocycles. The fourth-order valence-corrected chi connectivity index (χ4v) is 2.94. The normalized spacial score (nSPS) is 22.2. The van der Waals surface area contributed by atoms with Crippen molar-refractivity contribution < 1.29 is 23.9 Å². The van der Waals surface area contributed by atoms with E-state index in [1.54, 1.807) is 60.7 Å². The Hall–Kier alpha value is -2.95. The van der Waals surface area contributed by atoms with Crippen LogP contribution in [0, 0.1) is 5.92 Å². The van der Waals surface area contributed by atoms with Gasteiger partial charge < -0.3 is 14.3 Å². The van der Waals surface area contributed by atoms with Gasteiger partial charge in [0.05, 0.1) is 17.0 Å². The van der Waals surface area contributed by atoms with E-state index in [1.165, 1.54) is 0 Å². The first-order valence-corrected chi connectivity index (χ1v) is 8.16. The standard InChI is InChI=1S/C20H18O5/c21-13-16-11-12-17(24-19(22)14-7-3-1-4-8-14)18(16)25-20(23)15-9-5-2-6-10-15/h1-10,13,16-18H,11-12H2. The van der Waals surface area contributed by atoms with Gasteiger partial charge in [-0.3, -0.25) is 0 Å². The van der Waals surface area contributed by atoms with Crippen molar-refractivity contribution >= 4 is 18.2 Å². The molecule has 3 atom stereocenters. The van der Waals surface area contributed by atoms with Crippen molar-refractivity contribution in [2.75, 3.05) is 0 Å². The summed E-state index contributed by atoms with van der Waals surface area (Å²) < 4.78 is 11.0. The third kappa shape index (κ3) is 3.94. The molecule has 5 nitrogen and oxygen atoms in total. The first-order chi connectivity index (χ1) is 12.2. The summed E-state index contributed by atoms with van der Waals surface area (Å²) in [6.45, 7) is 0. The van der Waals surface area contributed by atoms with Gasteiger partial charge in [-0.25, -0.2) is 9.59 Å². The lowest BCUT2D eigenvalue weighted by Gasteiger charge is -2.22. The Morgan fingerprint density at radius 3 is 1.84 bits per heavy atom. The first-order valence-electron chi connectivity index (χ1n) is 8.16. The zero-order valence-corrected chi connectivity index (χ0v) is 13.5. The highest BCUT2D eigenvalue weighted by Gasteiger charge is 2.41. The fraction of sp³-hybridized carbons (Fsp3) is 0.250. The maximum atomic E-state index is 12.3. The minimum Gasteiger partial charge on any atom is -0.455 e. The first kappa shape index (κ1) is 16.9. The van der Waals surface area contributed by atoms with E-state index in [0.29, 0.717) is 24.0 Å². The van der Waals surface area contributed by atoms with E-state index >= 15 is 0 Å². The number of hydrogen-bond acceptors (Lipinski definition) is 5. The summed E-state index contributed by atoms with van der Waals surface area (Å²) >= 11 is 0. The highest BCUT2D eigenvalue weighted by Crippen LogP contribution is 2.31. The van der Waals surface area contributed by atoms with Gasteiger partial charge in [-0.1, -0.05) is 36.4 Å². The summed E-state index contributed by atoms with van der Waals surface area (Å²) in [5.74, 6) is -1.49. The van der Waals surface area contributed by atoms with Gasteiger partial charge in [0.1, 0.15) is 18.5 Å². The van der Waals surface area contributed by atoms with Crippen LogP contribution in [0.4, 0.5) is 0 Å². The zero-order chi connectivity index (χ0) is 17.6. The van der Waals surface area contributed by atoms with E-state index in [0.717, 1.165) is 6.29 Å². The van der Waals surface area contributed by atoms with Gasteiger partial charge in [0.2, 0.25) is 0 Å². The number of rotatable bonds is 5. The topological polar surface area (TPSA) is 69.7 Å². The molecule has 1 aliphatic carbocycles. The average Bonchev–Trinajstić information content (AvgIpc) is 3.04.